The van der Waals surface area contributed by atoms with E-state index in [0.717, 1.165) is 0 Å². The Labute approximate surface area is 96.2 Å². The van der Waals surface area contributed by atoms with Gasteiger partial charge in [-0.05, 0) is 51.0 Å². The maximum absolute atomic E-state index is 2.64. The summed E-state index contributed by atoms with van der Waals surface area (Å²) >= 11 is 0. The quantitative estimate of drug-likeness (QED) is 0.635. The van der Waals surface area contributed by atoms with Crippen LogP contribution in [0.2, 0.25) is 0 Å². The molecule has 0 aromatic carbocycles. The third-order valence-corrected chi connectivity index (χ3v) is 3.46. The Morgan fingerprint density at radius 3 is 1.93 bits per heavy atom. The molecule has 1 fully saturated rings. The minimum absolute atomic E-state index is 0.343. The van der Waals surface area contributed by atoms with Crippen LogP contribution in [-0.2, 0) is 0 Å². The van der Waals surface area contributed by atoms with E-state index in [4.69, 9.17) is 0 Å². The zero-order valence-electron chi connectivity index (χ0n) is 11.8. The van der Waals surface area contributed by atoms with E-state index in [-0.39, 0.29) is 0 Å². The summed E-state index contributed by atoms with van der Waals surface area (Å²) in [7, 11) is 0. The van der Waals surface area contributed by atoms with E-state index in [0.29, 0.717) is 16.4 Å². The fraction of sp³-hybridized carbons (Fsp3) is 1.00. The summed E-state index contributed by atoms with van der Waals surface area (Å²) in [4.78, 5) is 2.64. The lowest BCUT2D eigenvalue weighted by Gasteiger charge is -2.36. The third kappa shape index (κ3) is 3.79. The second kappa shape index (κ2) is 3.76. The lowest BCUT2D eigenvalue weighted by molar-refractivity contribution is 0.131. The van der Waals surface area contributed by atoms with Gasteiger partial charge in [-0.15, -0.1) is 0 Å². The van der Waals surface area contributed by atoms with Gasteiger partial charge in [-0.2, -0.15) is 0 Å². The predicted octanol–water partition coefficient (Wildman–Crippen LogP) is 3.93. The van der Waals surface area contributed by atoms with E-state index in [1.807, 2.05) is 0 Å². The number of hydrogen-bond donors (Lipinski definition) is 0. The molecular weight excluding hydrogens is 182 g/mol. The average Bonchev–Trinajstić information content (AvgIpc) is 2.25. The van der Waals surface area contributed by atoms with Gasteiger partial charge < -0.3 is 0 Å². The smallest absolute Gasteiger partial charge is 0.0125 e. The van der Waals surface area contributed by atoms with Crippen molar-refractivity contribution in [2.45, 2.75) is 66.8 Å². The van der Waals surface area contributed by atoms with Gasteiger partial charge in [-0.1, -0.05) is 27.7 Å². The molecule has 15 heavy (non-hydrogen) atoms. The van der Waals surface area contributed by atoms with Gasteiger partial charge in [0, 0.05) is 12.1 Å². The van der Waals surface area contributed by atoms with Crippen LogP contribution in [0.5, 0.6) is 0 Å². The second-order valence-electron chi connectivity index (χ2n) is 7.89. The molecule has 1 heteroatoms. The molecule has 0 aliphatic carbocycles. The van der Waals surface area contributed by atoms with Gasteiger partial charge >= 0.3 is 0 Å². The number of rotatable bonds is 1. The Bertz CT molecular complexity index is 218. The number of nitrogens with zero attached hydrogens (tertiary/aromatic N) is 1. The standard InChI is InChI=1S/C14H29N/c1-12(2,3)10-14(7)8-9-15(11-14)13(4,5)6/h8-11H2,1-7H3. The van der Waals surface area contributed by atoms with Crippen molar-refractivity contribution in [3.05, 3.63) is 0 Å². The topological polar surface area (TPSA) is 3.24 Å². The molecule has 1 saturated heterocycles. The van der Waals surface area contributed by atoms with Gasteiger partial charge in [0.15, 0.2) is 0 Å². The number of hydrogen-bond acceptors (Lipinski definition) is 1. The van der Waals surface area contributed by atoms with Crippen LogP contribution in [0.15, 0.2) is 0 Å². The highest BCUT2D eigenvalue weighted by Crippen LogP contribution is 2.42. The third-order valence-electron chi connectivity index (χ3n) is 3.46. The summed E-state index contributed by atoms with van der Waals surface area (Å²) in [5.41, 5.74) is 1.34. The number of likely N-dealkylation sites (tertiary alicyclic amines) is 1. The molecule has 0 bridgehead atoms. The van der Waals surface area contributed by atoms with Crippen LogP contribution < -0.4 is 0 Å². The molecule has 1 atom stereocenters. The Hall–Kier alpha value is -0.0400. The molecule has 1 unspecified atom stereocenters. The summed E-state index contributed by atoms with van der Waals surface area (Å²) in [5, 5.41) is 0. The van der Waals surface area contributed by atoms with Crippen molar-refractivity contribution in [1.82, 2.24) is 4.90 Å². The largest absolute Gasteiger partial charge is 0.298 e. The minimum atomic E-state index is 0.343. The van der Waals surface area contributed by atoms with Gasteiger partial charge in [0.25, 0.3) is 0 Å². The van der Waals surface area contributed by atoms with Crippen molar-refractivity contribution >= 4 is 0 Å². The van der Waals surface area contributed by atoms with Gasteiger partial charge in [0.1, 0.15) is 0 Å². The summed E-state index contributed by atoms with van der Waals surface area (Å²) in [6, 6.07) is 0. The monoisotopic (exact) mass is 211 g/mol. The molecule has 1 rings (SSSR count). The zero-order valence-corrected chi connectivity index (χ0v) is 11.8. The van der Waals surface area contributed by atoms with E-state index < -0.39 is 0 Å². The van der Waals surface area contributed by atoms with Crippen LogP contribution in [-0.4, -0.2) is 23.5 Å². The first-order chi connectivity index (χ1) is 6.52. The predicted molar refractivity (Wildman–Crippen MR) is 68.1 cm³/mol. The highest BCUT2D eigenvalue weighted by atomic mass is 15.2. The molecule has 1 nitrogen and oxygen atoms in total. The first kappa shape index (κ1) is 13.0. The second-order valence-corrected chi connectivity index (χ2v) is 7.89. The molecule has 1 aliphatic rings. The minimum Gasteiger partial charge on any atom is -0.298 e. The van der Waals surface area contributed by atoms with Crippen LogP contribution in [0.4, 0.5) is 0 Å². The molecule has 0 saturated carbocycles. The molecule has 0 radical (unpaired) electrons. The van der Waals surface area contributed by atoms with E-state index in [2.05, 4.69) is 53.4 Å². The Morgan fingerprint density at radius 2 is 1.60 bits per heavy atom. The van der Waals surface area contributed by atoms with Crippen LogP contribution in [0.3, 0.4) is 0 Å². The van der Waals surface area contributed by atoms with Crippen LogP contribution in [0.1, 0.15) is 61.3 Å². The maximum atomic E-state index is 2.64. The Kier molecular flexibility index (Phi) is 3.27. The van der Waals surface area contributed by atoms with E-state index in [9.17, 15) is 0 Å². The fourth-order valence-corrected chi connectivity index (χ4v) is 3.02. The van der Waals surface area contributed by atoms with Crippen molar-refractivity contribution in [2.75, 3.05) is 13.1 Å². The van der Waals surface area contributed by atoms with Crippen molar-refractivity contribution in [3.63, 3.8) is 0 Å². The van der Waals surface area contributed by atoms with Crippen LogP contribution >= 0.6 is 0 Å². The van der Waals surface area contributed by atoms with Gasteiger partial charge in [0.2, 0.25) is 0 Å². The molecular formula is C14H29N. The summed E-state index contributed by atoms with van der Waals surface area (Å²) in [5.74, 6) is 0. The van der Waals surface area contributed by atoms with E-state index >= 15 is 0 Å². The molecule has 0 N–H and O–H groups in total. The molecule has 0 aromatic heterocycles. The highest BCUT2D eigenvalue weighted by Gasteiger charge is 2.40. The summed E-state index contributed by atoms with van der Waals surface area (Å²) in [6.45, 7) is 19.1. The first-order valence-corrected chi connectivity index (χ1v) is 6.27. The maximum Gasteiger partial charge on any atom is 0.0125 e. The molecule has 0 aromatic rings. The van der Waals surface area contributed by atoms with Gasteiger partial charge in [0.05, 0.1) is 0 Å². The van der Waals surface area contributed by atoms with E-state index in [1.165, 1.54) is 25.9 Å². The van der Waals surface area contributed by atoms with Gasteiger partial charge in [-0.3, -0.25) is 4.90 Å². The molecule has 1 heterocycles. The SMILES string of the molecule is CC(C)(C)CC1(C)CCN(C(C)(C)C)C1. The average molecular weight is 211 g/mol. The van der Waals surface area contributed by atoms with Gasteiger partial charge in [-0.25, -0.2) is 0 Å². The lowest BCUT2D eigenvalue weighted by Crippen LogP contribution is -2.41. The van der Waals surface area contributed by atoms with Crippen molar-refractivity contribution < 1.29 is 0 Å². The molecule has 1 aliphatic heterocycles. The van der Waals surface area contributed by atoms with Crippen molar-refractivity contribution in [3.8, 4) is 0 Å². The lowest BCUT2D eigenvalue weighted by atomic mass is 9.74. The normalized spacial score (nSPS) is 29.8. The van der Waals surface area contributed by atoms with Crippen LogP contribution in [0.25, 0.3) is 0 Å². The Morgan fingerprint density at radius 1 is 1.07 bits per heavy atom. The molecule has 0 spiro atoms. The molecule has 0 amide bonds. The summed E-state index contributed by atoms with van der Waals surface area (Å²) < 4.78 is 0. The van der Waals surface area contributed by atoms with Crippen molar-refractivity contribution in [1.29, 1.82) is 0 Å². The fourth-order valence-electron chi connectivity index (χ4n) is 3.02. The van der Waals surface area contributed by atoms with Crippen LogP contribution in [0, 0.1) is 10.8 Å². The highest BCUT2D eigenvalue weighted by molar-refractivity contribution is 4.93. The zero-order chi connectivity index (χ0) is 11.9. The van der Waals surface area contributed by atoms with E-state index in [1.54, 1.807) is 0 Å². The first-order valence-electron chi connectivity index (χ1n) is 6.27. The van der Waals surface area contributed by atoms with Crippen molar-refractivity contribution in [2.24, 2.45) is 10.8 Å². The summed E-state index contributed by atoms with van der Waals surface area (Å²) in [6.07, 6.45) is 2.70. The Balaban J connectivity index is 2.62. The molecule has 90 valence electrons.